The third kappa shape index (κ3) is 6.52. The third-order valence-electron chi connectivity index (χ3n) is 6.66. The van der Waals surface area contributed by atoms with E-state index in [0.717, 1.165) is 26.2 Å². The van der Waals surface area contributed by atoms with E-state index < -0.39 is 6.09 Å². The van der Waals surface area contributed by atoms with Crippen LogP contribution < -0.4 is 10.2 Å². The lowest BCUT2D eigenvalue weighted by Crippen LogP contribution is -2.53. The number of carbonyl (C=O) groups is 3. The van der Waals surface area contributed by atoms with Crippen LogP contribution in [-0.2, 0) is 14.3 Å². The van der Waals surface area contributed by atoms with Crippen LogP contribution in [0.15, 0.2) is 54.6 Å². The van der Waals surface area contributed by atoms with Crippen molar-refractivity contribution in [1.82, 2.24) is 15.1 Å². The van der Waals surface area contributed by atoms with Crippen LogP contribution >= 0.6 is 0 Å². The van der Waals surface area contributed by atoms with Gasteiger partial charge in [-0.15, -0.1) is 0 Å². The molecule has 196 valence electrons. The van der Waals surface area contributed by atoms with Gasteiger partial charge >= 0.3 is 12.1 Å². The van der Waals surface area contributed by atoms with E-state index >= 15 is 0 Å². The zero-order valence-electron chi connectivity index (χ0n) is 21.2. The Kier molecular flexibility index (Phi) is 8.52. The van der Waals surface area contributed by atoms with Crippen molar-refractivity contribution in [2.45, 2.75) is 26.0 Å². The second kappa shape index (κ2) is 12.0. The molecule has 0 bridgehead atoms. The summed E-state index contributed by atoms with van der Waals surface area (Å²) in [5.41, 5.74) is 1.68. The maximum absolute atomic E-state index is 12.6. The van der Waals surface area contributed by atoms with Gasteiger partial charge in [0.2, 0.25) is 0 Å². The van der Waals surface area contributed by atoms with E-state index in [1.54, 1.807) is 60.4 Å². The average molecular weight is 508 g/mol. The van der Waals surface area contributed by atoms with Gasteiger partial charge in [-0.2, -0.15) is 0 Å². The monoisotopic (exact) mass is 507 g/mol. The number of hydrogen-bond acceptors (Lipinski definition) is 8. The number of esters is 1. The van der Waals surface area contributed by atoms with Crippen LogP contribution in [0, 0.1) is 5.41 Å². The van der Waals surface area contributed by atoms with E-state index in [0.29, 0.717) is 36.5 Å². The molecule has 4 rings (SSSR count). The molecular weight excluding hydrogens is 474 g/mol. The first-order valence-corrected chi connectivity index (χ1v) is 12.5. The van der Waals surface area contributed by atoms with Gasteiger partial charge in [0.05, 0.1) is 13.2 Å². The number of amides is 2. The first-order chi connectivity index (χ1) is 17.9. The number of amidine groups is 1. The van der Waals surface area contributed by atoms with Crippen molar-refractivity contribution < 1.29 is 23.9 Å². The first kappa shape index (κ1) is 26.3. The molecule has 2 heterocycles. The minimum Gasteiger partial charge on any atom is -0.465 e. The average Bonchev–Trinajstić information content (AvgIpc) is 3.29. The van der Waals surface area contributed by atoms with Gasteiger partial charge in [0.25, 0.3) is 5.91 Å². The Bertz CT molecular complexity index is 1120. The Morgan fingerprint density at radius 1 is 1.05 bits per heavy atom. The smallest absolute Gasteiger partial charge is 0.414 e. The molecule has 2 fully saturated rings. The molecular formula is C27H33N5O5. The third-order valence-corrected chi connectivity index (χ3v) is 6.66. The lowest BCUT2D eigenvalue weighted by molar-refractivity contribution is -0.149. The van der Waals surface area contributed by atoms with Crippen LogP contribution in [-0.4, -0.2) is 91.6 Å². The van der Waals surface area contributed by atoms with Crippen molar-refractivity contribution in [3.05, 3.63) is 65.7 Å². The molecule has 0 saturated carbocycles. The lowest BCUT2D eigenvalue weighted by Gasteiger charge is -2.37. The normalized spacial score (nSPS) is 19.2. The Labute approximate surface area is 216 Å². The van der Waals surface area contributed by atoms with Crippen molar-refractivity contribution in [1.29, 1.82) is 5.41 Å². The molecule has 2 aliphatic rings. The number of nitrogens with zero attached hydrogens (tertiary/aromatic N) is 3. The summed E-state index contributed by atoms with van der Waals surface area (Å²) in [7, 11) is 0. The fourth-order valence-electron chi connectivity index (χ4n) is 4.52. The van der Waals surface area contributed by atoms with E-state index in [4.69, 9.17) is 14.9 Å². The van der Waals surface area contributed by atoms with Gasteiger partial charge in [0.15, 0.2) is 0 Å². The van der Waals surface area contributed by atoms with E-state index in [-0.39, 0.29) is 29.9 Å². The van der Waals surface area contributed by atoms with Crippen LogP contribution in [0.2, 0.25) is 0 Å². The first-order valence-electron chi connectivity index (χ1n) is 12.5. The van der Waals surface area contributed by atoms with Gasteiger partial charge in [0, 0.05) is 49.5 Å². The number of rotatable bonds is 8. The summed E-state index contributed by atoms with van der Waals surface area (Å²) in [4.78, 5) is 42.8. The summed E-state index contributed by atoms with van der Waals surface area (Å²) in [6.07, 6.45) is -0.663. The molecule has 2 atom stereocenters. The predicted molar refractivity (Wildman–Crippen MR) is 139 cm³/mol. The highest BCUT2D eigenvalue weighted by Gasteiger charge is 2.35. The largest absolute Gasteiger partial charge is 0.465 e. The number of benzene rings is 2. The second-order valence-corrected chi connectivity index (χ2v) is 9.12. The van der Waals surface area contributed by atoms with Crippen molar-refractivity contribution in [2.24, 2.45) is 0 Å². The summed E-state index contributed by atoms with van der Waals surface area (Å²) < 4.78 is 10.7. The Hall–Kier alpha value is -3.76. The van der Waals surface area contributed by atoms with E-state index in [2.05, 4.69) is 15.1 Å². The minimum absolute atomic E-state index is 0.0151. The number of carbonyl (C=O) groups excluding carboxylic acids is 3. The maximum atomic E-state index is 12.6. The molecule has 0 aromatic heterocycles. The SMILES string of the molecule is CCOC(=O)C(C)N1CCN(CC2CN(c3ccc(C(=N)NC(=O)c4ccccc4)cc3)C(=O)O2)CC1. The number of hydrogen-bond donors (Lipinski definition) is 2. The maximum Gasteiger partial charge on any atom is 0.414 e. The van der Waals surface area contributed by atoms with Crippen molar-refractivity contribution in [3.63, 3.8) is 0 Å². The number of ether oxygens (including phenoxy) is 2. The Balaban J connectivity index is 1.27. The Morgan fingerprint density at radius 2 is 1.73 bits per heavy atom. The van der Waals surface area contributed by atoms with Gasteiger partial charge in [-0.25, -0.2) is 4.79 Å². The van der Waals surface area contributed by atoms with Gasteiger partial charge in [-0.05, 0) is 50.2 Å². The van der Waals surface area contributed by atoms with E-state index in [1.165, 1.54) is 0 Å². The van der Waals surface area contributed by atoms with E-state index in [9.17, 15) is 14.4 Å². The summed E-state index contributed by atoms with van der Waals surface area (Å²) in [6.45, 7) is 8.17. The number of cyclic esters (lactones) is 1. The molecule has 2 aliphatic heterocycles. The summed E-state index contributed by atoms with van der Waals surface area (Å²) in [5.74, 6) is -0.563. The molecule has 0 radical (unpaired) electrons. The highest BCUT2D eigenvalue weighted by atomic mass is 16.6. The topological polar surface area (TPSA) is 115 Å². The molecule has 10 heteroatoms. The van der Waals surface area contributed by atoms with Crippen LogP contribution in [0.25, 0.3) is 0 Å². The molecule has 0 aliphatic carbocycles. The number of nitrogens with one attached hydrogen (secondary N) is 2. The number of anilines is 1. The molecule has 2 N–H and O–H groups in total. The second-order valence-electron chi connectivity index (χ2n) is 9.12. The highest BCUT2D eigenvalue weighted by molar-refractivity contribution is 6.11. The molecule has 0 spiro atoms. The molecule has 2 amide bonds. The molecule has 37 heavy (non-hydrogen) atoms. The molecule has 10 nitrogen and oxygen atoms in total. The number of piperazine rings is 1. The molecule has 2 aromatic carbocycles. The van der Waals surface area contributed by atoms with Gasteiger partial charge in [-0.1, -0.05) is 18.2 Å². The zero-order valence-corrected chi connectivity index (χ0v) is 21.2. The minimum atomic E-state index is -0.403. The summed E-state index contributed by atoms with van der Waals surface area (Å²) in [5, 5.41) is 10.8. The van der Waals surface area contributed by atoms with Gasteiger partial charge < -0.3 is 14.8 Å². The molecule has 2 unspecified atom stereocenters. The fourth-order valence-corrected chi connectivity index (χ4v) is 4.52. The lowest BCUT2D eigenvalue weighted by atomic mass is 10.1. The standard InChI is InChI=1S/C27H33N5O5/c1-3-36-26(34)19(2)31-15-13-30(14-16-31)17-23-18-32(27(35)37-23)22-11-9-20(10-12-22)24(28)29-25(33)21-7-5-4-6-8-21/h4-12,19,23H,3,13-18H2,1-2H3,(H2,28,29,33). The zero-order chi connectivity index (χ0) is 26.4. The summed E-state index contributed by atoms with van der Waals surface area (Å²) >= 11 is 0. The predicted octanol–water partition coefficient (Wildman–Crippen LogP) is 2.34. The van der Waals surface area contributed by atoms with Crippen LogP contribution in [0.1, 0.15) is 29.8 Å². The van der Waals surface area contributed by atoms with Crippen LogP contribution in [0.3, 0.4) is 0 Å². The quantitative estimate of drug-likeness (QED) is 0.320. The van der Waals surface area contributed by atoms with Crippen molar-refractivity contribution in [3.8, 4) is 0 Å². The highest BCUT2D eigenvalue weighted by Crippen LogP contribution is 2.23. The van der Waals surface area contributed by atoms with E-state index in [1.807, 2.05) is 13.0 Å². The molecule has 2 aromatic rings. The van der Waals surface area contributed by atoms with Crippen molar-refractivity contribution in [2.75, 3.05) is 50.8 Å². The summed E-state index contributed by atoms with van der Waals surface area (Å²) in [6, 6.07) is 15.4. The van der Waals surface area contributed by atoms with Gasteiger partial charge in [-0.3, -0.25) is 29.7 Å². The van der Waals surface area contributed by atoms with Crippen LogP contribution in [0.4, 0.5) is 10.5 Å². The molecule has 2 saturated heterocycles. The Morgan fingerprint density at radius 3 is 2.38 bits per heavy atom. The van der Waals surface area contributed by atoms with Gasteiger partial charge in [0.1, 0.15) is 18.0 Å². The fraction of sp³-hybridized carbons (Fsp3) is 0.407. The van der Waals surface area contributed by atoms with Crippen molar-refractivity contribution >= 4 is 29.5 Å². The van der Waals surface area contributed by atoms with Crippen LogP contribution in [0.5, 0.6) is 0 Å².